The van der Waals surface area contributed by atoms with Crippen molar-refractivity contribution in [3.05, 3.63) is 29.6 Å². The molecule has 21 heavy (non-hydrogen) atoms. The molecule has 0 saturated carbocycles. The fourth-order valence-corrected chi connectivity index (χ4v) is 1.65. The van der Waals surface area contributed by atoms with Gasteiger partial charge in [0.2, 0.25) is 0 Å². The van der Waals surface area contributed by atoms with E-state index in [-0.39, 0.29) is 12.2 Å². The minimum Gasteiger partial charge on any atom is -0.496 e. The summed E-state index contributed by atoms with van der Waals surface area (Å²) in [6, 6.07) is 2.29. The Morgan fingerprint density at radius 2 is 2.00 bits per heavy atom. The third-order valence-corrected chi connectivity index (χ3v) is 2.67. The number of hydrogen-bond donors (Lipinski definition) is 3. The fourth-order valence-electron chi connectivity index (χ4n) is 1.65. The number of hydrogen-bond acceptors (Lipinski definition) is 4. The molecule has 1 aromatic carbocycles. The zero-order chi connectivity index (χ0) is 16.0. The average Bonchev–Trinajstić information content (AvgIpc) is 2.42. The van der Waals surface area contributed by atoms with Crippen LogP contribution in [0.2, 0.25) is 0 Å². The molecule has 8 heteroatoms. The van der Waals surface area contributed by atoms with Gasteiger partial charge in [-0.15, -0.1) is 0 Å². The largest absolute Gasteiger partial charge is 0.496 e. The van der Waals surface area contributed by atoms with Crippen LogP contribution < -0.4 is 10.1 Å². The summed E-state index contributed by atoms with van der Waals surface area (Å²) in [4.78, 5) is 33.4. The molecule has 1 unspecified atom stereocenters. The summed E-state index contributed by atoms with van der Waals surface area (Å²) >= 11 is 0. The van der Waals surface area contributed by atoms with Crippen LogP contribution in [0.4, 0.5) is 4.39 Å². The Balaban J connectivity index is 2.92. The molecule has 0 aliphatic rings. The zero-order valence-corrected chi connectivity index (χ0v) is 11.1. The molecule has 0 aliphatic heterocycles. The second kappa shape index (κ2) is 7.22. The minimum atomic E-state index is -1.43. The third-order valence-electron chi connectivity index (χ3n) is 2.67. The van der Waals surface area contributed by atoms with Gasteiger partial charge < -0.3 is 20.3 Å². The number of amides is 1. The van der Waals surface area contributed by atoms with E-state index in [1.54, 1.807) is 0 Å². The molecule has 1 aromatic rings. The van der Waals surface area contributed by atoms with Gasteiger partial charge in [0.1, 0.15) is 23.2 Å². The van der Waals surface area contributed by atoms with Crippen molar-refractivity contribution in [3.8, 4) is 5.75 Å². The monoisotopic (exact) mass is 299 g/mol. The highest BCUT2D eigenvalue weighted by atomic mass is 19.1. The van der Waals surface area contributed by atoms with Gasteiger partial charge in [-0.05, 0) is 18.6 Å². The SMILES string of the molecule is COc1cccc(F)c1C(=O)NC(CCC(=O)O)C(=O)O. The standard InChI is InChI=1S/C13H14FNO6/c1-21-9-4-2-3-7(14)11(9)12(18)15-8(13(19)20)5-6-10(16)17/h2-4,8H,5-6H2,1H3,(H,15,18)(H,16,17)(H,19,20). The van der Waals surface area contributed by atoms with Crippen LogP contribution in [0.1, 0.15) is 23.2 Å². The highest BCUT2D eigenvalue weighted by Crippen LogP contribution is 2.21. The molecule has 3 N–H and O–H groups in total. The molecular weight excluding hydrogens is 285 g/mol. The fraction of sp³-hybridized carbons (Fsp3) is 0.308. The average molecular weight is 299 g/mol. The molecule has 0 radical (unpaired) electrons. The van der Waals surface area contributed by atoms with Crippen LogP contribution in [0.3, 0.4) is 0 Å². The summed E-state index contributed by atoms with van der Waals surface area (Å²) < 4.78 is 18.5. The molecule has 0 heterocycles. The van der Waals surface area contributed by atoms with Crippen molar-refractivity contribution >= 4 is 17.8 Å². The number of benzene rings is 1. The Hall–Kier alpha value is -2.64. The van der Waals surface area contributed by atoms with Gasteiger partial charge in [0.15, 0.2) is 0 Å². The maximum absolute atomic E-state index is 13.7. The van der Waals surface area contributed by atoms with Crippen LogP contribution in [0.5, 0.6) is 5.75 Å². The molecular formula is C13H14FNO6. The zero-order valence-electron chi connectivity index (χ0n) is 11.1. The van der Waals surface area contributed by atoms with E-state index in [0.717, 1.165) is 6.07 Å². The van der Waals surface area contributed by atoms with Crippen molar-refractivity contribution in [1.82, 2.24) is 5.32 Å². The lowest BCUT2D eigenvalue weighted by Crippen LogP contribution is -2.41. The van der Waals surface area contributed by atoms with Gasteiger partial charge in [-0.25, -0.2) is 9.18 Å². The summed E-state index contributed by atoms with van der Waals surface area (Å²) in [5, 5.41) is 19.6. The number of halogens is 1. The summed E-state index contributed by atoms with van der Waals surface area (Å²) in [6.45, 7) is 0. The first-order valence-electron chi connectivity index (χ1n) is 5.94. The van der Waals surface area contributed by atoms with Gasteiger partial charge in [-0.2, -0.15) is 0 Å². The predicted octanol–water partition coefficient (Wildman–Crippen LogP) is 0.882. The maximum atomic E-state index is 13.7. The van der Waals surface area contributed by atoms with Gasteiger partial charge in [-0.3, -0.25) is 9.59 Å². The number of carbonyl (C=O) groups is 3. The minimum absolute atomic E-state index is 0.0464. The molecule has 114 valence electrons. The van der Waals surface area contributed by atoms with Crippen LogP contribution in [0.15, 0.2) is 18.2 Å². The van der Waals surface area contributed by atoms with E-state index in [2.05, 4.69) is 5.32 Å². The van der Waals surface area contributed by atoms with E-state index in [1.165, 1.54) is 19.2 Å². The van der Waals surface area contributed by atoms with Crippen molar-refractivity contribution in [2.75, 3.05) is 7.11 Å². The first-order chi connectivity index (χ1) is 9.86. The molecule has 0 fully saturated rings. The van der Waals surface area contributed by atoms with Crippen LogP contribution in [0, 0.1) is 5.82 Å². The van der Waals surface area contributed by atoms with E-state index < -0.39 is 41.7 Å². The number of carboxylic acid groups (broad SMARTS) is 2. The Morgan fingerprint density at radius 3 is 2.52 bits per heavy atom. The molecule has 1 atom stereocenters. The third kappa shape index (κ3) is 4.44. The summed E-state index contributed by atoms with van der Waals surface area (Å²) in [5.41, 5.74) is -0.429. The topological polar surface area (TPSA) is 113 Å². The molecule has 0 saturated heterocycles. The van der Waals surface area contributed by atoms with Crippen LogP contribution in [-0.4, -0.2) is 41.2 Å². The second-order valence-corrected chi connectivity index (χ2v) is 4.11. The first kappa shape index (κ1) is 16.4. The quantitative estimate of drug-likeness (QED) is 0.689. The lowest BCUT2D eigenvalue weighted by atomic mass is 10.1. The number of carboxylic acids is 2. The van der Waals surface area contributed by atoms with E-state index in [0.29, 0.717) is 0 Å². The molecule has 1 amide bonds. The number of methoxy groups -OCH3 is 1. The smallest absolute Gasteiger partial charge is 0.326 e. The van der Waals surface area contributed by atoms with Crippen molar-refractivity contribution in [2.45, 2.75) is 18.9 Å². The van der Waals surface area contributed by atoms with Crippen molar-refractivity contribution in [2.24, 2.45) is 0 Å². The second-order valence-electron chi connectivity index (χ2n) is 4.11. The maximum Gasteiger partial charge on any atom is 0.326 e. The van der Waals surface area contributed by atoms with Crippen LogP contribution in [0.25, 0.3) is 0 Å². The van der Waals surface area contributed by atoms with E-state index >= 15 is 0 Å². The van der Waals surface area contributed by atoms with Gasteiger partial charge >= 0.3 is 11.9 Å². The van der Waals surface area contributed by atoms with E-state index in [9.17, 15) is 18.8 Å². The van der Waals surface area contributed by atoms with Crippen molar-refractivity contribution in [1.29, 1.82) is 0 Å². The van der Waals surface area contributed by atoms with Gasteiger partial charge in [0.05, 0.1) is 7.11 Å². The summed E-state index contributed by atoms with van der Waals surface area (Å²) in [6.07, 6.45) is -0.751. The molecule has 0 aromatic heterocycles. The summed E-state index contributed by atoms with van der Waals surface area (Å²) in [7, 11) is 1.24. The van der Waals surface area contributed by atoms with Gasteiger partial charge in [0, 0.05) is 6.42 Å². The Labute approximate surface area is 119 Å². The molecule has 7 nitrogen and oxygen atoms in total. The van der Waals surface area contributed by atoms with E-state index in [1.807, 2.05) is 0 Å². The lowest BCUT2D eigenvalue weighted by molar-refractivity contribution is -0.140. The Bertz CT molecular complexity index is 560. The van der Waals surface area contributed by atoms with Crippen molar-refractivity contribution in [3.63, 3.8) is 0 Å². The molecule has 0 aliphatic carbocycles. The first-order valence-corrected chi connectivity index (χ1v) is 5.94. The number of ether oxygens (including phenoxy) is 1. The highest BCUT2D eigenvalue weighted by molar-refractivity contribution is 5.99. The number of nitrogens with one attached hydrogen (secondary N) is 1. The van der Waals surface area contributed by atoms with Gasteiger partial charge in [-0.1, -0.05) is 6.07 Å². The number of rotatable bonds is 7. The van der Waals surface area contributed by atoms with Crippen LogP contribution in [-0.2, 0) is 9.59 Å². The summed E-state index contributed by atoms with van der Waals surface area (Å²) in [5.74, 6) is -4.49. The highest BCUT2D eigenvalue weighted by Gasteiger charge is 2.25. The lowest BCUT2D eigenvalue weighted by Gasteiger charge is -2.15. The normalized spacial score (nSPS) is 11.5. The van der Waals surface area contributed by atoms with E-state index in [4.69, 9.17) is 14.9 Å². The molecule has 1 rings (SSSR count). The number of aliphatic carboxylic acids is 2. The predicted molar refractivity (Wildman–Crippen MR) is 68.7 cm³/mol. The Morgan fingerprint density at radius 1 is 1.33 bits per heavy atom. The van der Waals surface area contributed by atoms with Crippen molar-refractivity contribution < 1.29 is 33.7 Å². The van der Waals surface area contributed by atoms with Crippen LogP contribution >= 0.6 is 0 Å². The molecule has 0 bridgehead atoms. The Kier molecular flexibility index (Phi) is 5.65. The number of carbonyl (C=O) groups excluding carboxylic acids is 1. The van der Waals surface area contributed by atoms with Gasteiger partial charge in [0.25, 0.3) is 5.91 Å². The molecule has 0 spiro atoms.